The normalized spacial score (nSPS) is 10.8. The van der Waals surface area contributed by atoms with Crippen molar-refractivity contribution in [3.05, 3.63) is 0 Å². The number of carbonyl (C=O) groups excluding carboxylic acids is 1. The van der Waals surface area contributed by atoms with E-state index in [0.29, 0.717) is 6.42 Å². The highest BCUT2D eigenvalue weighted by molar-refractivity contribution is 6.63. The first-order valence-electron chi connectivity index (χ1n) is 7.51. The fourth-order valence-corrected chi connectivity index (χ4v) is 2.45. The maximum Gasteiger partial charge on any atom is 0.221 e. The molecule has 0 aliphatic rings. The van der Waals surface area contributed by atoms with Gasteiger partial charge in [0.2, 0.25) is 5.24 Å². The fourth-order valence-electron chi connectivity index (χ4n) is 2.13. The second kappa shape index (κ2) is 15.3. The highest BCUT2D eigenvalue weighted by atomic mass is 35.5. The third kappa shape index (κ3) is 16.2. The lowest BCUT2D eigenvalue weighted by molar-refractivity contribution is -0.111. The predicted octanol–water partition coefficient (Wildman–Crippen LogP) is 6.06. The molecule has 0 amide bonds. The molecule has 0 aromatic carbocycles. The van der Waals surface area contributed by atoms with Gasteiger partial charge in [-0.1, -0.05) is 64.2 Å². The van der Waals surface area contributed by atoms with Crippen molar-refractivity contribution in [1.29, 1.82) is 0 Å². The highest BCUT2D eigenvalue weighted by Crippen LogP contribution is 2.12. The topological polar surface area (TPSA) is 17.1 Å². The van der Waals surface area contributed by atoms with Crippen LogP contribution in [0.5, 0.6) is 0 Å². The quantitative estimate of drug-likeness (QED) is 0.216. The molecule has 0 aromatic heterocycles. The van der Waals surface area contributed by atoms with Gasteiger partial charge in [0, 0.05) is 12.3 Å². The Hall–Kier alpha value is 0.250. The third-order valence-electron chi connectivity index (χ3n) is 3.26. The number of carbonyl (C=O) groups is 1. The number of alkyl halides is 1. The Morgan fingerprint density at radius 2 is 0.944 bits per heavy atom. The van der Waals surface area contributed by atoms with Crippen molar-refractivity contribution < 1.29 is 4.79 Å². The summed E-state index contributed by atoms with van der Waals surface area (Å²) in [6, 6.07) is 0. The van der Waals surface area contributed by atoms with E-state index in [2.05, 4.69) is 0 Å². The first-order valence-corrected chi connectivity index (χ1v) is 8.43. The Balaban J connectivity index is 2.92. The van der Waals surface area contributed by atoms with Crippen LogP contribution in [0.25, 0.3) is 0 Å². The summed E-state index contributed by atoms with van der Waals surface area (Å²) in [4.78, 5) is 10.5. The number of unbranched alkanes of at least 4 members (excludes halogenated alkanes) is 11. The minimum atomic E-state index is -0.191. The van der Waals surface area contributed by atoms with Crippen LogP contribution in [0.4, 0.5) is 0 Å². The van der Waals surface area contributed by atoms with Gasteiger partial charge in [-0.15, -0.1) is 11.6 Å². The van der Waals surface area contributed by atoms with Crippen molar-refractivity contribution in [2.24, 2.45) is 0 Å². The minimum absolute atomic E-state index is 0.191. The summed E-state index contributed by atoms with van der Waals surface area (Å²) in [5, 5.41) is -0.191. The Labute approximate surface area is 123 Å². The minimum Gasteiger partial charge on any atom is -0.281 e. The molecule has 0 heterocycles. The van der Waals surface area contributed by atoms with Crippen LogP contribution in [0, 0.1) is 0 Å². The van der Waals surface area contributed by atoms with Gasteiger partial charge in [0.25, 0.3) is 0 Å². The predicted molar refractivity (Wildman–Crippen MR) is 81.6 cm³/mol. The van der Waals surface area contributed by atoms with Crippen molar-refractivity contribution in [3.8, 4) is 0 Å². The molecule has 0 aromatic rings. The summed E-state index contributed by atoms with van der Waals surface area (Å²) >= 11 is 10.9. The lowest BCUT2D eigenvalue weighted by Crippen LogP contribution is -1.86. The largest absolute Gasteiger partial charge is 0.281 e. The lowest BCUT2D eigenvalue weighted by atomic mass is 10.0. The van der Waals surface area contributed by atoms with Gasteiger partial charge in [0.05, 0.1) is 0 Å². The van der Waals surface area contributed by atoms with E-state index in [-0.39, 0.29) is 5.24 Å². The smallest absolute Gasteiger partial charge is 0.221 e. The lowest BCUT2D eigenvalue weighted by Gasteiger charge is -2.02. The molecule has 0 fully saturated rings. The average Bonchev–Trinajstić information content (AvgIpc) is 2.34. The molecule has 0 saturated heterocycles. The third-order valence-corrected chi connectivity index (χ3v) is 3.71. The summed E-state index contributed by atoms with van der Waals surface area (Å²) in [6.07, 6.45) is 15.9. The Morgan fingerprint density at radius 1 is 0.611 bits per heavy atom. The van der Waals surface area contributed by atoms with Crippen molar-refractivity contribution in [2.75, 3.05) is 5.88 Å². The monoisotopic (exact) mass is 294 g/mol. The molecule has 18 heavy (non-hydrogen) atoms. The van der Waals surface area contributed by atoms with E-state index in [1.165, 1.54) is 64.2 Å². The number of halogens is 2. The molecule has 0 bridgehead atoms. The van der Waals surface area contributed by atoms with Gasteiger partial charge in [-0.3, -0.25) is 4.79 Å². The van der Waals surface area contributed by atoms with Crippen LogP contribution in [-0.4, -0.2) is 11.1 Å². The molecule has 0 rings (SSSR count). The molecule has 0 spiro atoms. The van der Waals surface area contributed by atoms with E-state index in [9.17, 15) is 4.79 Å². The zero-order valence-corrected chi connectivity index (χ0v) is 13.1. The highest BCUT2D eigenvalue weighted by Gasteiger charge is 1.96. The van der Waals surface area contributed by atoms with Gasteiger partial charge >= 0.3 is 0 Å². The van der Waals surface area contributed by atoms with E-state index in [1.54, 1.807) is 0 Å². The average molecular weight is 295 g/mol. The van der Waals surface area contributed by atoms with Gasteiger partial charge in [0.15, 0.2) is 0 Å². The molecule has 0 aliphatic carbocycles. The molecule has 0 unspecified atom stereocenters. The Morgan fingerprint density at radius 3 is 1.28 bits per heavy atom. The first-order chi connectivity index (χ1) is 8.77. The number of rotatable bonds is 14. The van der Waals surface area contributed by atoms with Crippen molar-refractivity contribution in [3.63, 3.8) is 0 Å². The zero-order chi connectivity index (χ0) is 13.5. The molecule has 0 aliphatic heterocycles. The summed E-state index contributed by atoms with van der Waals surface area (Å²) < 4.78 is 0. The van der Waals surface area contributed by atoms with Crippen LogP contribution in [0.2, 0.25) is 0 Å². The first kappa shape index (κ1) is 18.2. The van der Waals surface area contributed by atoms with Crippen molar-refractivity contribution >= 4 is 28.4 Å². The molecule has 1 nitrogen and oxygen atoms in total. The maximum absolute atomic E-state index is 10.5. The molecule has 0 atom stereocenters. The van der Waals surface area contributed by atoms with Gasteiger partial charge in [-0.25, -0.2) is 0 Å². The molecular weight excluding hydrogens is 267 g/mol. The molecule has 3 heteroatoms. The van der Waals surface area contributed by atoms with E-state index >= 15 is 0 Å². The van der Waals surface area contributed by atoms with Crippen molar-refractivity contribution in [2.45, 2.75) is 83.5 Å². The van der Waals surface area contributed by atoms with Gasteiger partial charge in [0.1, 0.15) is 0 Å². The number of hydrogen-bond donors (Lipinski definition) is 0. The van der Waals surface area contributed by atoms with E-state index in [0.717, 1.165) is 18.7 Å². The van der Waals surface area contributed by atoms with Crippen molar-refractivity contribution in [1.82, 2.24) is 0 Å². The Bertz CT molecular complexity index is 183. The van der Waals surface area contributed by atoms with E-state index in [1.807, 2.05) is 0 Å². The summed E-state index contributed by atoms with van der Waals surface area (Å²) in [5.74, 6) is 0.815. The maximum atomic E-state index is 10.5. The van der Waals surface area contributed by atoms with Crippen LogP contribution >= 0.6 is 23.2 Å². The Kier molecular flexibility index (Phi) is 15.5. The molecule has 0 saturated carbocycles. The van der Waals surface area contributed by atoms with Gasteiger partial charge in [-0.2, -0.15) is 0 Å². The summed E-state index contributed by atoms with van der Waals surface area (Å²) in [6.45, 7) is 0. The summed E-state index contributed by atoms with van der Waals surface area (Å²) in [7, 11) is 0. The van der Waals surface area contributed by atoms with Crippen LogP contribution in [-0.2, 0) is 4.79 Å². The molecule has 0 radical (unpaired) electrons. The zero-order valence-electron chi connectivity index (χ0n) is 11.6. The fraction of sp³-hybridized carbons (Fsp3) is 0.933. The standard InChI is InChI=1S/C15H28Cl2O/c16-14-12-10-8-6-4-2-1-3-5-7-9-11-13-15(17)18/h1-14H2. The second-order valence-corrected chi connectivity index (χ2v) is 5.84. The van der Waals surface area contributed by atoms with Crippen LogP contribution in [0.3, 0.4) is 0 Å². The SMILES string of the molecule is O=C(Cl)CCCCCCCCCCCCCCCl. The summed E-state index contributed by atoms with van der Waals surface area (Å²) in [5.41, 5.74) is 0. The van der Waals surface area contributed by atoms with E-state index in [4.69, 9.17) is 23.2 Å². The van der Waals surface area contributed by atoms with Crippen LogP contribution < -0.4 is 0 Å². The van der Waals surface area contributed by atoms with E-state index < -0.39 is 0 Å². The van der Waals surface area contributed by atoms with Crippen LogP contribution in [0.15, 0.2) is 0 Å². The molecule has 108 valence electrons. The van der Waals surface area contributed by atoms with Crippen LogP contribution in [0.1, 0.15) is 83.5 Å². The molecule has 0 N–H and O–H groups in total. The van der Waals surface area contributed by atoms with Gasteiger partial charge in [-0.05, 0) is 24.4 Å². The second-order valence-electron chi connectivity index (χ2n) is 5.04. The number of hydrogen-bond acceptors (Lipinski definition) is 1. The molecular formula is C15H28Cl2O. The van der Waals surface area contributed by atoms with Gasteiger partial charge < -0.3 is 0 Å².